The Morgan fingerprint density at radius 3 is 2.53 bits per heavy atom. The van der Waals surface area contributed by atoms with Crippen molar-refractivity contribution in [2.45, 2.75) is 6.92 Å². The van der Waals surface area contributed by atoms with Gasteiger partial charge in [0.15, 0.2) is 0 Å². The standard InChI is InChI=1S/C15H12O4/c1-10(9-14(16)17)15(18)19-13-8-4-6-11-5-2-3-7-12(11)13/h2-9H,1H3,(H,16,17)/b10-9-. The van der Waals surface area contributed by atoms with E-state index in [0.717, 1.165) is 16.8 Å². The van der Waals surface area contributed by atoms with Crippen LogP contribution >= 0.6 is 0 Å². The molecule has 0 bridgehead atoms. The quantitative estimate of drug-likeness (QED) is 0.521. The number of carbonyl (C=O) groups is 2. The van der Waals surface area contributed by atoms with Gasteiger partial charge < -0.3 is 9.84 Å². The number of esters is 1. The van der Waals surface area contributed by atoms with Crippen molar-refractivity contribution in [1.82, 2.24) is 0 Å². The summed E-state index contributed by atoms with van der Waals surface area (Å²) in [6.45, 7) is 1.40. The highest BCUT2D eigenvalue weighted by Gasteiger charge is 2.11. The molecule has 0 fully saturated rings. The summed E-state index contributed by atoms with van der Waals surface area (Å²) in [5.74, 6) is -1.42. The maximum absolute atomic E-state index is 11.7. The van der Waals surface area contributed by atoms with Crippen molar-refractivity contribution in [1.29, 1.82) is 0 Å². The van der Waals surface area contributed by atoms with Gasteiger partial charge in [-0.3, -0.25) is 0 Å². The smallest absolute Gasteiger partial charge is 0.339 e. The largest absolute Gasteiger partial charge is 0.478 e. The zero-order chi connectivity index (χ0) is 13.8. The molecule has 0 heterocycles. The molecular weight excluding hydrogens is 244 g/mol. The van der Waals surface area contributed by atoms with Crippen LogP contribution in [0.15, 0.2) is 54.1 Å². The first-order valence-corrected chi connectivity index (χ1v) is 5.69. The summed E-state index contributed by atoms with van der Waals surface area (Å²) in [5.41, 5.74) is 0.0421. The SMILES string of the molecule is C/C(=C/C(=O)O)C(=O)Oc1cccc2ccccc12. The number of fused-ring (bicyclic) bond motifs is 1. The predicted molar refractivity (Wildman–Crippen MR) is 71.0 cm³/mol. The monoisotopic (exact) mass is 256 g/mol. The Kier molecular flexibility index (Phi) is 3.61. The van der Waals surface area contributed by atoms with E-state index in [4.69, 9.17) is 9.84 Å². The Bertz CT molecular complexity index is 665. The highest BCUT2D eigenvalue weighted by molar-refractivity contribution is 5.98. The molecule has 1 N–H and O–H groups in total. The zero-order valence-corrected chi connectivity index (χ0v) is 10.3. The molecular formula is C15H12O4. The van der Waals surface area contributed by atoms with Gasteiger partial charge in [0, 0.05) is 17.0 Å². The molecule has 96 valence electrons. The third-order valence-electron chi connectivity index (χ3n) is 2.61. The summed E-state index contributed by atoms with van der Waals surface area (Å²) in [6.07, 6.45) is 0.827. The van der Waals surface area contributed by atoms with E-state index in [-0.39, 0.29) is 5.57 Å². The zero-order valence-electron chi connectivity index (χ0n) is 10.3. The average Bonchev–Trinajstić information content (AvgIpc) is 2.38. The van der Waals surface area contributed by atoms with E-state index in [0.29, 0.717) is 5.75 Å². The average molecular weight is 256 g/mol. The van der Waals surface area contributed by atoms with E-state index in [1.54, 1.807) is 12.1 Å². The lowest BCUT2D eigenvalue weighted by atomic mass is 10.1. The van der Waals surface area contributed by atoms with Crippen LogP contribution < -0.4 is 4.74 Å². The molecule has 0 aliphatic heterocycles. The minimum absolute atomic E-state index is 0.0421. The normalized spacial score (nSPS) is 11.3. The second-order valence-electron chi connectivity index (χ2n) is 4.03. The van der Waals surface area contributed by atoms with Gasteiger partial charge in [0.05, 0.1) is 0 Å². The van der Waals surface area contributed by atoms with E-state index < -0.39 is 11.9 Å². The minimum atomic E-state index is -1.17. The van der Waals surface area contributed by atoms with E-state index in [9.17, 15) is 9.59 Å². The first-order valence-electron chi connectivity index (χ1n) is 5.69. The van der Waals surface area contributed by atoms with Gasteiger partial charge in [-0.2, -0.15) is 0 Å². The van der Waals surface area contributed by atoms with Crippen molar-refractivity contribution >= 4 is 22.7 Å². The van der Waals surface area contributed by atoms with Crippen molar-refractivity contribution in [2.24, 2.45) is 0 Å². The van der Waals surface area contributed by atoms with E-state index in [1.807, 2.05) is 30.3 Å². The molecule has 0 saturated carbocycles. The van der Waals surface area contributed by atoms with Crippen LogP contribution in [0.4, 0.5) is 0 Å². The molecule has 2 aromatic carbocycles. The number of aliphatic carboxylic acids is 1. The molecule has 0 unspecified atom stereocenters. The Morgan fingerprint density at radius 2 is 1.79 bits per heavy atom. The topological polar surface area (TPSA) is 63.6 Å². The van der Waals surface area contributed by atoms with Crippen LogP contribution in [0.5, 0.6) is 5.75 Å². The Labute approximate surface area is 109 Å². The van der Waals surface area contributed by atoms with Gasteiger partial charge in [0.1, 0.15) is 5.75 Å². The fourth-order valence-electron chi connectivity index (χ4n) is 1.71. The van der Waals surface area contributed by atoms with Gasteiger partial charge in [-0.05, 0) is 18.4 Å². The highest BCUT2D eigenvalue weighted by Crippen LogP contribution is 2.25. The van der Waals surface area contributed by atoms with Crippen molar-refractivity contribution in [3.05, 3.63) is 54.1 Å². The molecule has 0 aromatic heterocycles. The van der Waals surface area contributed by atoms with Gasteiger partial charge in [0.25, 0.3) is 0 Å². The number of carbonyl (C=O) groups excluding carboxylic acids is 1. The number of hydrogen-bond acceptors (Lipinski definition) is 3. The highest BCUT2D eigenvalue weighted by atomic mass is 16.5. The van der Waals surface area contributed by atoms with Gasteiger partial charge in [-0.25, -0.2) is 9.59 Å². The molecule has 2 aromatic rings. The Hall–Kier alpha value is -2.62. The molecule has 0 spiro atoms. The number of carboxylic acids is 1. The molecule has 19 heavy (non-hydrogen) atoms. The number of hydrogen-bond donors (Lipinski definition) is 1. The van der Waals surface area contributed by atoms with Crippen LogP contribution in [0.3, 0.4) is 0 Å². The second kappa shape index (κ2) is 5.35. The van der Waals surface area contributed by atoms with Crippen LogP contribution in [0.25, 0.3) is 10.8 Å². The summed E-state index contributed by atoms with van der Waals surface area (Å²) < 4.78 is 5.22. The van der Waals surface area contributed by atoms with Crippen molar-refractivity contribution in [3.8, 4) is 5.75 Å². The van der Waals surface area contributed by atoms with Crippen molar-refractivity contribution in [2.75, 3.05) is 0 Å². The third-order valence-corrected chi connectivity index (χ3v) is 2.61. The van der Waals surface area contributed by atoms with Crippen LogP contribution in [0.2, 0.25) is 0 Å². The fourth-order valence-corrected chi connectivity index (χ4v) is 1.71. The van der Waals surface area contributed by atoms with Crippen molar-refractivity contribution < 1.29 is 19.4 Å². The van der Waals surface area contributed by atoms with Crippen molar-refractivity contribution in [3.63, 3.8) is 0 Å². The maximum Gasteiger partial charge on any atom is 0.339 e. The molecule has 2 rings (SSSR count). The first-order chi connectivity index (χ1) is 9.08. The summed E-state index contributed by atoms with van der Waals surface area (Å²) >= 11 is 0. The molecule has 0 aliphatic rings. The minimum Gasteiger partial charge on any atom is -0.478 e. The molecule has 0 atom stereocenters. The van der Waals surface area contributed by atoms with Gasteiger partial charge in [-0.1, -0.05) is 36.4 Å². The molecule has 4 nitrogen and oxygen atoms in total. The summed E-state index contributed by atoms with van der Waals surface area (Å²) in [7, 11) is 0. The first kappa shape index (κ1) is 12.8. The van der Waals surface area contributed by atoms with E-state index in [1.165, 1.54) is 6.92 Å². The summed E-state index contributed by atoms with van der Waals surface area (Å²) in [5, 5.41) is 10.3. The lowest BCUT2D eigenvalue weighted by molar-refractivity contribution is -0.133. The summed E-state index contributed by atoms with van der Waals surface area (Å²) in [6, 6.07) is 12.9. The van der Waals surface area contributed by atoms with Gasteiger partial charge >= 0.3 is 11.9 Å². The Morgan fingerprint density at radius 1 is 1.11 bits per heavy atom. The van der Waals surface area contributed by atoms with E-state index in [2.05, 4.69) is 0 Å². The van der Waals surface area contributed by atoms with E-state index >= 15 is 0 Å². The maximum atomic E-state index is 11.7. The number of benzene rings is 2. The second-order valence-corrected chi connectivity index (χ2v) is 4.03. The van der Waals surface area contributed by atoms with Gasteiger partial charge in [-0.15, -0.1) is 0 Å². The lowest BCUT2D eigenvalue weighted by Crippen LogP contribution is -2.10. The third kappa shape index (κ3) is 2.98. The number of rotatable bonds is 3. The fraction of sp³-hybridized carbons (Fsp3) is 0.0667. The molecule has 0 aliphatic carbocycles. The summed E-state index contributed by atoms with van der Waals surface area (Å²) in [4.78, 5) is 22.2. The molecule has 4 heteroatoms. The Balaban J connectivity index is 2.32. The molecule has 0 saturated heterocycles. The van der Waals surface area contributed by atoms with Crippen LogP contribution in [-0.2, 0) is 9.59 Å². The number of ether oxygens (including phenoxy) is 1. The number of carboxylic acid groups (broad SMARTS) is 1. The lowest BCUT2D eigenvalue weighted by Gasteiger charge is -2.07. The van der Waals surface area contributed by atoms with Gasteiger partial charge in [0.2, 0.25) is 0 Å². The van der Waals surface area contributed by atoms with Crippen LogP contribution in [0.1, 0.15) is 6.92 Å². The van der Waals surface area contributed by atoms with Crippen LogP contribution in [-0.4, -0.2) is 17.0 Å². The molecule has 0 radical (unpaired) electrons. The predicted octanol–water partition coefficient (Wildman–Crippen LogP) is 2.78. The molecule has 0 amide bonds. The van der Waals surface area contributed by atoms with Crippen LogP contribution in [0, 0.1) is 0 Å².